The zero-order chi connectivity index (χ0) is 18.2. The number of carbonyl (C=O) groups is 2. The molecule has 126 valence electrons. The maximum absolute atomic E-state index is 12.1. The molecule has 2 aromatic rings. The number of carbonyl (C=O) groups excluding carboxylic acids is 1. The van der Waals surface area contributed by atoms with E-state index in [4.69, 9.17) is 22.0 Å². The third kappa shape index (κ3) is 5.37. The molecule has 3 N–H and O–H groups in total. The Bertz CT molecular complexity index is 872. The van der Waals surface area contributed by atoms with Gasteiger partial charge < -0.3 is 15.7 Å². The number of halogens is 1. The lowest BCUT2D eigenvalue weighted by Gasteiger charge is -2.06. The van der Waals surface area contributed by atoms with Gasteiger partial charge in [0.05, 0.1) is 5.56 Å². The van der Waals surface area contributed by atoms with Crippen molar-refractivity contribution in [2.75, 3.05) is 5.32 Å². The van der Waals surface area contributed by atoms with E-state index in [9.17, 15) is 9.59 Å². The molecule has 0 fully saturated rings. The molecule has 0 unspecified atom stereocenters. The molecule has 0 saturated heterocycles. The summed E-state index contributed by atoms with van der Waals surface area (Å²) < 4.78 is 0. The molecule has 0 aliphatic heterocycles. The minimum absolute atomic E-state index is 0.0411. The number of hydrogen-bond acceptors (Lipinski definition) is 4. The van der Waals surface area contributed by atoms with E-state index in [1.165, 1.54) is 24.4 Å². The highest BCUT2D eigenvalue weighted by Gasteiger charge is 2.10. The number of hydrogen-bond donors (Lipinski definition) is 3. The molecule has 6 nitrogen and oxygen atoms in total. The molecular formula is C18H14ClN3O3. The molecule has 0 aliphatic rings. The lowest BCUT2D eigenvalue weighted by Crippen LogP contribution is -2.17. The van der Waals surface area contributed by atoms with Crippen LogP contribution in [-0.2, 0) is 11.3 Å². The molecule has 2 aromatic carbocycles. The van der Waals surface area contributed by atoms with E-state index in [-0.39, 0.29) is 11.1 Å². The lowest BCUT2D eigenvalue weighted by molar-refractivity contribution is -0.112. The van der Waals surface area contributed by atoms with Gasteiger partial charge in [0, 0.05) is 23.5 Å². The van der Waals surface area contributed by atoms with Gasteiger partial charge in [-0.2, -0.15) is 5.26 Å². The first-order chi connectivity index (χ1) is 12.0. The van der Waals surface area contributed by atoms with Crippen molar-refractivity contribution in [3.8, 4) is 6.07 Å². The van der Waals surface area contributed by atoms with Crippen LogP contribution in [-0.4, -0.2) is 17.0 Å². The molecule has 0 saturated carbocycles. The van der Waals surface area contributed by atoms with Gasteiger partial charge in [0.2, 0.25) is 0 Å². The van der Waals surface area contributed by atoms with Crippen molar-refractivity contribution in [3.05, 3.63) is 76.5 Å². The van der Waals surface area contributed by atoms with Crippen LogP contribution in [0.2, 0.25) is 5.02 Å². The number of carboxylic acids is 1. The van der Waals surface area contributed by atoms with Crippen LogP contribution in [0.15, 0.2) is 60.3 Å². The summed E-state index contributed by atoms with van der Waals surface area (Å²) in [4.78, 5) is 23.0. The van der Waals surface area contributed by atoms with Gasteiger partial charge >= 0.3 is 5.97 Å². The first-order valence-corrected chi connectivity index (χ1v) is 7.60. The molecular weight excluding hydrogens is 342 g/mol. The highest BCUT2D eigenvalue weighted by Crippen LogP contribution is 2.12. The quantitative estimate of drug-likeness (QED) is 0.545. The number of aromatic carboxylic acids is 1. The summed E-state index contributed by atoms with van der Waals surface area (Å²) in [6, 6.07) is 14.7. The Morgan fingerprint density at radius 1 is 1.20 bits per heavy atom. The Morgan fingerprint density at radius 3 is 2.64 bits per heavy atom. The SMILES string of the molecule is N#C/C(=C/NCc1cccc(Cl)c1)C(=O)Nc1cccc(C(=O)O)c1. The van der Waals surface area contributed by atoms with Gasteiger partial charge in [-0.1, -0.05) is 29.8 Å². The van der Waals surface area contributed by atoms with E-state index >= 15 is 0 Å². The van der Waals surface area contributed by atoms with Crippen LogP contribution in [0.1, 0.15) is 15.9 Å². The van der Waals surface area contributed by atoms with Crippen molar-refractivity contribution in [1.82, 2.24) is 5.32 Å². The summed E-state index contributed by atoms with van der Waals surface area (Å²) in [6.07, 6.45) is 1.30. The van der Waals surface area contributed by atoms with Crippen LogP contribution < -0.4 is 10.6 Å². The summed E-state index contributed by atoms with van der Waals surface area (Å²) in [6.45, 7) is 0.396. The van der Waals surface area contributed by atoms with Crippen molar-refractivity contribution in [2.24, 2.45) is 0 Å². The smallest absolute Gasteiger partial charge is 0.335 e. The molecule has 0 aliphatic carbocycles. The summed E-state index contributed by atoms with van der Waals surface area (Å²) in [5.74, 6) is -1.74. The van der Waals surface area contributed by atoms with Gasteiger partial charge in [-0.15, -0.1) is 0 Å². The Balaban J connectivity index is 2.02. The molecule has 0 heterocycles. The fraction of sp³-hybridized carbons (Fsp3) is 0.0556. The second-order valence-electron chi connectivity index (χ2n) is 5.02. The third-order valence-corrected chi connectivity index (χ3v) is 3.41. The Labute approximate surface area is 149 Å². The molecule has 0 radical (unpaired) electrons. The zero-order valence-electron chi connectivity index (χ0n) is 13.0. The Morgan fingerprint density at radius 2 is 1.96 bits per heavy atom. The second-order valence-corrected chi connectivity index (χ2v) is 5.46. The number of nitrogens with one attached hydrogen (secondary N) is 2. The fourth-order valence-corrected chi connectivity index (χ4v) is 2.21. The minimum atomic E-state index is -1.10. The van der Waals surface area contributed by atoms with Gasteiger partial charge in [-0.05, 0) is 35.9 Å². The van der Waals surface area contributed by atoms with Crippen molar-refractivity contribution in [3.63, 3.8) is 0 Å². The van der Waals surface area contributed by atoms with Crippen LogP contribution in [0.3, 0.4) is 0 Å². The van der Waals surface area contributed by atoms with Gasteiger partial charge in [-0.25, -0.2) is 4.79 Å². The summed E-state index contributed by atoms with van der Waals surface area (Å²) in [5.41, 5.74) is 1.10. The van der Waals surface area contributed by atoms with E-state index < -0.39 is 11.9 Å². The number of benzene rings is 2. The molecule has 0 bridgehead atoms. The van der Waals surface area contributed by atoms with E-state index in [1.54, 1.807) is 30.3 Å². The number of anilines is 1. The summed E-state index contributed by atoms with van der Waals surface area (Å²) in [7, 11) is 0. The maximum atomic E-state index is 12.1. The molecule has 25 heavy (non-hydrogen) atoms. The topological polar surface area (TPSA) is 102 Å². The van der Waals surface area contributed by atoms with E-state index in [1.807, 2.05) is 6.07 Å². The van der Waals surface area contributed by atoms with Crippen molar-refractivity contribution >= 4 is 29.2 Å². The van der Waals surface area contributed by atoms with Crippen LogP contribution in [0.5, 0.6) is 0 Å². The number of nitrogens with zero attached hydrogens (tertiary/aromatic N) is 1. The monoisotopic (exact) mass is 355 g/mol. The predicted octanol–water partition coefficient (Wildman–Crippen LogP) is 3.17. The maximum Gasteiger partial charge on any atom is 0.335 e. The summed E-state index contributed by atoms with van der Waals surface area (Å²) in [5, 5.41) is 24.0. The fourth-order valence-electron chi connectivity index (χ4n) is 1.99. The first-order valence-electron chi connectivity index (χ1n) is 7.22. The highest BCUT2D eigenvalue weighted by molar-refractivity contribution is 6.30. The van der Waals surface area contributed by atoms with Gasteiger partial charge in [0.15, 0.2) is 0 Å². The van der Waals surface area contributed by atoms with Crippen LogP contribution in [0, 0.1) is 11.3 Å². The third-order valence-electron chi connectivity index (χ3n) is 3.17. The molecule has 7 heteroatoms. The van der Waals surface area contributed by atoms with Crippen LogP contribution in [0.25, 0.3) is 0 Å². The van der Waals surface area contributed by atoms with E-state index in [2.05, 4.69) is 10.6 Å². The highest BCUT2D eigenvalue weighted by atomic mass is 35.5. The second kappa shape index (κ2) is 8.52. The van der Waals surface area contributed by atoms with E-state index in [0.29, 0.717) is 17.3 Å². The lowest BCUT2D eigenvalue weighted by atomic mass is 10.2. The van der Waals surface area contributed by atoms with Gasteiger partial charge in [0.1, 0.15) is 11.6 Å². The number of nitriles is 1. The van der Waals surface area contributed by atoms with Crippen LogP contribution in [0.4, 0.5) is 5.69 Å². The standard InChI is InChI=1S/C18H14ClN3O3/c19-15-5-1-3-12(7-15)10-21-11-14(9-20)17(23)22-16-6-2-4-13(8-16)18(24)25/h1-8,11,21H,10H2,(H,22,23)(H,24,25)/b14-11-. The Kier molecular flexibility index (Phi) is 6.15. The normalized spacial score (nSPS) is 10.6. The summed E-state index contributed by atoms with van der Waals surface area (Å²) >= 11 is 5.89. The van der Waals surface area contributed by atoms with Gasteiger partial charge in [-0.3, -0.25) is 4.79 Å². The Hall–Kier alpha value is -3.30. The number of amides is 1. The van der Waals surface area contributed by atoms with Crippen LogP contribution >= 0.6 is 11.6 Å². The number of carboxylic acid groups (broad SMARTS) is 1. The largest absolute Gasteiger partial charge is 0.478 e. The van der Waals surface area contributed by atoms with Gasteiger partial charge in [0.25, 0.3) is 5.91 Å². The average molecular weight is 356 g/mol. The van der Waals surface area contributed by atoms with E-state index in [0.717, 1.165) is 5.56 Å². The molecule has 0 spiro atoms. The minimum Gasteiger partial charge on any atom is -0.478 e. The van der Waals surface area contributed by atoms with Crippen molar-refractivity contribution in [2.45, 2.75) is 6.54 Å². The molecule has 0 atom stereocenters. The number of rotatable bonds is 6. The zero-order valence-corrected chi connectivity index (χ0v) is 13.7. The average Bonchev–Trinajstić information content (AvgIpc) is 2.59. The van der Waals surface area contributed by atoms with Crippen molar-refractivity contribution in [1.29, 1.82) is 5.26 Å². The first kappa shape index (κ1) is 18.0. The van der Waals surface area contributed by atoms with Crippen molar-refractivity contribution < 1.29 is 14.7 Å². The molecule has 2 rings (SSSR count). The molecule has 1 amide bonds. The predicted molar refractivity (Wildman–Crippen MR) is 94.0 cm³/mol. The molecule has 0 aromatic heterocycles.